The van der Waals surface area contributed by atoms with Gasteiger partial charge in [-0.1, -0.05) is 42.5 Å². The monoisotopic (exact) mass is 246 g/mol. The number of allylic oxidation sites excluding steroid dienone is 1. The van der Waals surface area contributed by atoms with Crippen LogP contribution in [0.2, 0.25) is 0 Å². The van der Waals surface area contributed by atoms with Crippen LogP contribution in [0.15, 0.2) is 54.7 Å². The lowest BCUT2D eigenvalue weighted by Gasteiger charge is -2.24. The summed E-state index contributed by atoms with van der Waals surface area (Å²) >= 11 is 0. The van der Waals surface area contributed by atoms with Gasteiger partial charge in [-0.25, -0.2) is 4.58 Å². The zero-order chi connectivity index (χ0) is 13.0. The Morgan fingerprint density at radius 2 is 1.74 bits per heavy atom. The zero-order valence-electron chi connectivity index (χ0n) is 11.2. The first kappa shape index (κ1) is 10.7. The molecule has 0 fully saturated rings. The molecule has 0 radical (unpaired) electrons. The average molecular weight is 246 g/mol. The van der Waals surface area contributed by atoms with Crippen molar-refractivity contribution >= 4 is 5.71 Å². The van der Waals surface area contributed by atoms with Gasteiger partial charge in [0.15, 0.2) is 6.20 Å². The second kappa shape index (κ2) is 3.67. The molecular weight excluding hydrogens is 230 g/mol. The van der Waals surface area contributed by atoms with Gasteiger partial charge in [-0.3, -0.25) is 0 Å². The summed E-state index contributed by atoms with van der Waals surface area (Å²) in [6.45, 7) is 2.21. The molecular formula is C18H16N+. The highest BCUT2D eigenvalue weighted by atomic mass is 15.0. The number of hydrogen-bond donors (Lipinski definition) is 0. The van der Waals surface area contributed by atoms with Crippen LogP contribution >= 0.6 is 0 Å². The Balaban J connectivity index is 2.16. The quantitative estimate of drug-likeness (QED) is 0.623. The third-order valence-electron chi connectivity index (χ3n) is 4.29. The largest absolute Gasteiger partial charge is 0.204 e. The SMILES string of the molecule is Cc1cccc2c1C1=[N+](C)C=CC1c1ccccc1-2. The van der Waals surface area contributed by atoms with Crippen molar-refractivity contribution in [3.8, 4) is 11.1 Å². The average Bonchev–Trinajstić information content (AvgIpc) is 2.82. The normalized spacial score (nSPS) is 19.2. The lowest BCUT2D eigenvalue weighted by Crippen LogP contribution is -2.23. The van der Waals surface area contributed by atoms with E-state index in [0.717, 1.165) is 0 Å². The highest BCUT2D eigenvalue weighted by Gasteiger charge is 2.37. The molecule has 1 unspecified atom stereocenters. The summed E-state index contributed by atoms with van der Waals surface area (Å²) in [5, 5.41) is 0. The minimum Gasteiger partial charge on any atom is -0.204 e. The number of fused-ring (bicyclic) bond motifs is 6. The van der Waals surface area contributed by atoms with Gasteiger partial charge in [-0.2, -0.15) is 0 Å². The Bertz CT molecular complexity index is 750. The van der Waals surface area contributed by atoms with Crippen LogP contribution in [0.3, 0.4) is 0 Å². The minimum absolute atomic E-state index is 0.412. The van der Waals surface area contributed by atoms with E-state index in [1.807, 2.05) is 0 Å². The van der Waals surface area contributed by atoms with Crippen LogP contribution in [0, 0.1) is 6.92 Å². The van der Waals surface area contributed by atoms with Crippen LogP contribution in [-0.4, -0.2) is 17.3 Å². The summed E-state index contributed by atoms with van der Waals surface area (Å²) < 4.78 is 2.27. The molecule has 0 bridgehead atoms. The summed E-state index contributed by atoms with van der Waals surface area (Å²) in [5.74, 6) is 0.412. The predicted molar refractivity (Wildman–Crippen MR) is 78.8 cm³/mol. The third kappa shape index (κ3) is 1.33. The summed E-state index contributed by atoms with van der Waals surface area (Å²) in [4.78, 5) is 0. The second-order valence-electron chi connectivity index (χ2n) is 5.40. The Morgan fingerprint density at radius 3 is 2.63 bits per heavy atom. The van der Waals surface area contributed by atoms with E-state index in [1.54, 1.807) is 0 Å². The molecule has 1 nitrogen and oxygen atoms in total. The summed E-state index contributed by atoms with van der Waals surface area (Å²) in [5.41, 5.74) is 8.39. The lowest BCUT2D eigenvalue weighted by atomic mass is 9.76. The second-order valence-corrected chi connectivity index (χ2v) is 5.40. The lowest BCUT2D eigenvalue weighted by molar-refractivity contribution is -0.418. The molecule has 0 spiro atoms. The molecule has 0 aromatic heterocycles. The van der Waals surface area contributed by atoms with Crippen LogP contribution in [0.5, 0.6) is 0 Å². The van der Waals surface area contributed by atoms with E-state index >= 15 is 0 Å². The van der Waals surface area contributed by atoms with E-state index in [1.165, 1.54) is 33.5 Å². The highest BCUT2D eigenvalue weighted by Crippen LogP contribution is 2.42. The first-order valence-electron chi connectivity index (χ1n) is 6.74. The topological polar surface area (TPSA) is 3.01 Å². The smallest absolute Gasteiger partial charge is 0.200 e. The molecule has 92 valence electrons. The van der Waals surface area contributed by atoms with E-state index in [0.29, 0.717) is 5.92 Å². The van der Waals surface area contributed by atoms with Gasteiger partial charge < -0.3 is 0 Å². The van der Waals surface area contributed by atoms with E-state index in [2.05, 4.69) is 73.3 Å². The van der Waals surface area contributed by atoms with Gasteiger partial charge in [0.2, 0.25) is 5.71 Å². The van der Waals surface area contributed by atoms with Crippen molar-refractivity contribution < 1.29 is 4.58 Å². The molecule has 2 aromatic rings. The fourth-order valence-corrected chi connectivity index (χ4v) is 3.43. The van der Waals surface area contributed by atoms with Crippen molar-refractivity contribution in [3.05, 3.63) is 71.4 Å². The van der Waals surface area contributed by atoms with Crippen molar-refractivity contribution in [2.24, 2.45) is 0 Å². The molecule has 0 amide bonds. The van der Waals surface area contributed by atoms with Crippen LogP contribution in [0.1, 0.15) is 22.6 Å². The molecule has 19 heavy (non-hydrogen) atoms. The van der Waals surface area contributed by atoms with Crippen molar-refractivity contribution in [2.75, 3.05) is 7.05 Å². The first-order chi connectivity index (χ1) is 9.27. The van der Waals surface area contributed by atoms with E-state index in [-0.39, 0.29) is 0 Å². The Morgan fingerprint density at radius 1 is 0.947 bits per heavy atom. The summed E-state index contributed by atoms with van der Waals surface area (Å²) in [6, 6.07) is 15.4. The van der Waals surface area contributed by atoms with Gasteiger partial charge in [0, 0.05) is 0 Å². The van der Waals surface area contributed by atoms with Crippen molar-refractivity contribution in [3.63, 3.8) is 0 Å². The van der Waals surface area contributed by atoms with Crippen LogP contribution in [0.4, 0.5) is 0 Å². The van der Waals surface area contributed by atoms with Gasteiger partial charge in [0.1, 0.15) is 7.05 Å². The Kier molecular flexibility index (Phi) is 2.08. The van der Waals surface area contributed by atoms with E-state index < -0.39 is 0 Å². The molecule has 0 N–H and O–H groups in total. The number of benzene rings is 2. The zero-order valence-corrected chi connectivity index (χ0v) is 11.2. The van der Waals surface area contributed by atoms with Crippen molar-refractivity contribution in [2.45, 2.75) is 12.8 Å². The standard InChI is InChI=1S/C18H16N/c1-12-6-5-9-15-13-7-3-4-8-14(13)16-10-11-19(2)18(16)17(12)15/h3-11,16H,1-2H3/q+1. The maximum absolute atomic E-state index is 2.31. The number of aryl methyl sites for hydroxylation is 1. The summed E-state index contributed by atoms with van der Waals surface area (Å²) in [6.07, 6.45) is 4.50. The molecule has 2 aliphatic rings. The number of rotatable bonds is 0. The molecule has 0 saturated carbocycles. The van der Waals surface area contributed by atoms with Gasteiger partial charge in [-0.05, 0) is 35.3 Å². The Labute approximate surface area is 113 Å². The molecule has 0 saturated heterocycles. The molecule has 2 aromatic carbocycles. The molecule has 1 aliphatic carbocycles. The molecule has 1 heterocycles. The van der Waals surface area contributed by atoms with E-state index in [4.69, 9.17) is 0 Å². The van der Waals surface area contributed by atoms with Crippen LogP contribution in [0.25, 0.3) is 11.1 Å². The number of hydrogen-bond acceptors (Lipinski definition) is 0. The van der Waals surface area contributed by atoms with Gasteiger partial charge >= 0.3 is 0 Å². The fourth-order valence-electron chi connectivity index (χ4n) is 3.43. The maximum Gasteiger partial charge on any atom is 0.200 e. The molecule has 4 rings (SSSR count). The molecule has 1 atom stereocenters. The maximum atomic E-state index is 2.31. The molecule has 1 heteroatoms. The molecule has 1 aliphatic heterocycles. The van der Waals surface area contributed by atoms with Gasteiger partial charge in [0.05, 0.1) is 11.5 Å². The summed E-state index contributed by atoms with van der Waals surface area (Å²) in [7, 11) is 2.15. The van der Waals surface area contributed by atoms with Gasteiger partial charge in [-0.15, -0.1) is 0 Å². The third-order valence-corrected chi connectivity index (χ3v) is 4.29. The van der Waals surface area contributed by atoms with Crippen LogP contribution < -0.4 is 0 Å². The number of nitrogens with zero attached hydrogens (tertiary/aromatic N) is 1. The Hall–Kier alpha value is -2.15. The highest BCUT2D eigenvalue weighted by molar-refractivity contribution is 6.13. The van der Waals surface area contributed by atoms with Crippen molar-refractivity contribution in [1.82, 2.24) is 0 Å². The predicted octanol–water partition coefficient (Wildman–Crippen LogP) is 3.72. The first-order valence-corrected chi connectivity index (χ1v) is 6.74. The van der Waals surface area contributed by atoms with Crippen LogP contribution in [-0.2, 0) is 0 Å². The van der Waals surface area contributed by atoms with Crippen molar-refractivity contribution in [1.29, 1.82) is 0 Å². The van der Waals surface area contributed by atoms with E-state index in [9.17, 15) is 0 Å². The van der Waals surface area contributed by atoms with Gasteiger partial charge in [0.25, 0.3) is 0 Å². The fraction of sp³-hybridized carbons (Fsp3) is 0.167. The minimum atomic E-state index is 0.412.